The first-order chi connectivity index (χ1) is 22.7. The Morgan fingerprint density at radius 3 is 1.96 bits per heavy atom. The topological polar surface area (TPSA) is 67.4 Å². The first-order valence-corrected chi connectivity index (χ1v) is 15.8. The molecule has 0 fully saturated rings. The van der Waals surface area contributed by atoms with E-state index in [0.717, 1.165) is 27.9 Å². The lowest BCUT2D eigenvalue weighted by Gasteiger charge is -2.12. The van der Waals surface area contributed by atoms with Crippen LogP contribution in [-0.4, -0.2) is 19.5 Å². The zero-order chi connectivity index (χ0) is 30.6. The lowest BCUT2D eigenvalue weighted by atomic mass is 10.1. The van der Waals surface area contributed by atoms with Gasteiger partial charge in [-0.15, -0.1) is 11.3 Å². The lowest BCUT2D eigenvalue weighted by Crippen LogP contribution is -2.01. The Bertz CT molecular complexity index is 2660. The van der Waals surface area contributed by atoms with Gasteiger partial charge in [0, 0.05) is 48.6 Å². The highest BCUT2D eigenvalue weighted by molar-refractivity contribution is 7.26. The third-order valence-corrected chi connectivity index (χ3v) is 9.65. The van der Waals surface area contributed by atoms with Gasteiger partial charge in [0.05, 0.1) is 27.4 Å². The second-order valence-corrected chi connectivity index (χ2v) is 12.3. The van der Waals surface area contributed by atoms with Gasteiger partial charge in [0.1, 0.15) is 0 Å². The van der Waals surface area contributed by atoms with Gasteiger partial charge in [-0.25, -0.2) is 15.0 Å². The number of fused-ring (bicyclic) bond motifs is 7. The SMILES string of the molecule is N#Cc1cccc(-c2nc(-c3ccccc3)nc(-c3cccc(-n4c5ccccc5c5ccc6c7ccccc7sc6c54)c3)n2)c1. The summed E-state index contributed by atoms with van der Waals surface area (Å²) in [6.45, 7) is 0. The van der Waals surface area contributed by atoms with E-state index in [4.69, 9.17) is 15.0 Å². The Labute approximate surface area is 268 Å². The van der Waals surface area contributed by atoms with Gasteiger partial charge in [0.15, 0.2) is 17.5 Å². The van der Waals surface area contributed by atoms with E-state index in [2.05, 4.69) is 89.5 Å². The number of benzene rings is 6. The van der Waals surface area contributed by atoms with E-state index in [9.17, 15) is 5.26 Å². The summed E-state index contributed by atoms with van der Waals surface area (Å²) in [5, 5.41) is 14.5. The summed E-state index contributed by atoms with van der Waals surface area (Å²) >= 11 is 1.84. The molecule has 46 heavy (non-hydrogen) atoms. The summed E-state index contributed by atoms with van der Waals surface area (Å²) < 4.78 is 4.93. The molecule has 0 amide bonds. The molecule has 0 aliphatic carbocycles. The number of hydrogen-bond donors (Lipinski definition) is 0. The molecule has 6 aromatic carbocycles. The second-order valence-electron chi connectivity index (χ2n) is 11.2. The first-order valence-electron chi connectivity index (χ1n) is 15.0. The van der Waals surface area contributed by atoms with Crippen LogP contribution in [-0.2, 0) is 0 Å². The highest BCUT2D eigenvalue weighted by Crippen LogP contribution is 2.43. The fraction of sp³-hybridized carbons (Fsp3) is 0. The standard InChI is InChI=1S/C40H23N5S/c41-24-25-10-8-13-27(22-25)39-42-38(26-11-2-1-3-12-26)43-40(44-39)28-14-9-15-29(23-28)45-34-18-6-4-16-30(34)32-20-21-33-31-17-5-7-19-35(31)46-37(33)36(32)45/h1-23H. The number of aromatic nitrogens is 4. The number of nitrogens with zero attached hydrogens (tertiary/aromatic N) is 5. The molecule has 0 saturated carbocycles. The molecule has 5 nitrogen and oxygen atoms in total. The van der Waals surface area contributed by atoms with Gasteiger partial charge in [-0.3, -0.25) is 0 Å². The lowest BCUT2D eigenvalue weighted by molar-refractivity contribution is 1.07. The van der Waals surface area contributed by atoms with Crippen molar-refractivity contribution in [3.8, 4) is 45.9 Å². The minimum absolute atomic E-state index is 0.523. The van der Waals surface area contributed by atoms with E-state index >= 15 is 0 Å². The molecule has 3 aromatic heterocycles. The van der Waals surface area contributed by atoms with Crippen LogP contribution in [0.3, 0.4) is 0 Å². The van der Waals surface area contributed by atoms with Crippen molar-refractivity contribution < 1.29 is 0 Å². The van der Waals surface area contributed by atoms with Crippen molar-refractivity contribution in [2.45, 2.75) is 0 Å². The van der Waals surface area contributed by atoms with E-state index in [0.29, 0.717) is 23.0 Å². The molecule has 0 bridgehead atoms. The maximum absolute atomic E-state index is 9.55. The van der Waals surface area contributed by atoms with Crippen molar-refractivity contribution in [1.29, 1.82) is 5.26 Å². The predicted octanol–water partition coefficient (Wildman–Crippen LogP) is 10.2. The molecule has 0 unspecified atom stereocenters. The summed E-state index contributed by atoms with van der Waals surface area (Å²) in [4.78, 5) is 14.8. The molecule has 3 heterocycles. The van der Waals surface area contributed by atoms with E-state index in [1.54, 1.807) is 6.07 Å². The van der Waals surface area contributed by atoms with Crippen molar-refractivity contribution in [3.05, 3.63) is 145 Å². The third kappa shape index (κ3) is 4.18. The van der Waals surface area contributed by atoms with Crippen LogP contribution >= 0.6 is 11.3 Å². The van der Waals surface area contributed by atoms with Crippen LogP contribution in [0, 0.1) is 11.3 Å². The summed E-state index contributed by atoms with van der Waals surface area (Å²) in [6, 6.07) is 49.8. The van der Waals surface area contributed by atoms with Crippen LogP contribution < -0.4 is 0 Å². The molecule has 214 valence electrons. The van der Waals surface area contributed by atoms with Crippen LogP contribution in [0.2, 0.25) is 0 Å². The monoisotopic (exact) mass is 605 g/mol. The maximum atomic E-state index is 9.55. The van der Waals surface area contributed by atoms with Gasteiger partial charge in [-0.05, 0) is 36.4 Å². The fourth-order valence-corrected chi connectivity index (χ4v) is 7.60. The summed E-state index contributed by atoms with van der Waals surface area (Å²) in [7, 11) is 0. The molecule has 0 aliphatic heterocycles. The molecule has 0 aliphatic rings. The molecule has 0 N–H and O–H groups in total. The average molecular weight is 606 g/mol. The molecule has 0 saturated heterocycles. The Morgan fingerprint density at radius 1 is 0.522 bits per heavy atom. The molecule has 0 atom stereocenters. The van der Waals surface area contributed by atoms with Crippen molar-refractivity contribution in [3.63, 3.8) is 0 Å². The first kappa shape index (κ1) is 26.3. The van der Waals surface area contributed by atoms with Gasteiger partial charge in [-0.2, -0.15) is 5.26 Å². The molecule has 0 spiro atoms. The summed E-state index contributed by atoms with van der Waals surface area (Å²) in [6.07, 6.45) is 0. The zero-order valence-corrected chi connectivity index (χ0v) is 25.2. The van der Waals surface area contributed by atoms with E-state index in [1.807, 2.05) is 65.9 Å². The largest absolute Gasteiger partial charge is 0.308 e. The third-order valence-electron chi connectivity index (χ3n) is 8.46. The summed E-state index contributed by atoms with van der Waals surface area (Å²) in [5.74, 6) is 1.67. The smallest absolute Gasteiger partial charge is 0.164 e. The molecule has 9 rings (SSSR count). The number of nitriles is 1. The Hall–Kier alpha value is -6.16. The molecule has 0 radical (unpaired) electrons. The second kappa shape index (κ2) is 10.5. The Kier molecular flexibility index (Phi) is 5.98. The normalized spacial score (nSPS) is 11.5. The van der Waals surface area contributed by atoms with Crippen LogP contribution in [0.1, 0.15) is 5.56 Å². The minimum atomic E-state index is 0.523. The fourth-order valence-electron chi connectivity index (χ4n) is 6.36. The maximum Gasteiger partial charge on any atom is 0.164 e. The highest BCUT2D eigenvalue weighted by Gasteiger charge is 2.19. The van der Waals surface area contributed by atoms with Crippen LogP contribution in [0.5, 0.6) is 0 Å². The number of hydrogen-bond acceptors (Lipinski definition) is 5. The van der Waals surface area contributed by atoms with Crippen LogP contribution in [0.25, 0.3) is 81.8 Å². The zero-order valence-electron chi connectivity index (χ0n) is 24.4. The van der Waals surface area contributed by atoms with Crippen LogP contribution in [0.15, 0.2) is 140 Å². The van der Waals surface area contributed by atoms with Gasteiger partial charge in [0.2, 0.25) is 0 Å². The molecular formula is C40H23N5S. The predicted molar refractivity (Wildman–Crippen MR) is 188 cm³/mol. The number of rotatable bonds is 4. The number of para-hydroxylation sites is 1. The Morgan fingerprint density at radius 2 is 1.15 bits per heavy atom. The van der Waals surface area contributed by atoms with Crippen molar-refractivity contribution in [2.75, 3.05) is 0 Å². The Balaban J connectivity index is 1.29. The van der Waals surface area contributed by atoms with Gasteiger partial charge in [0.25, 0.3) is 0 Å². The van der Waals surface area contributed by atoms with Crippen molar-refractivity contribution in [1.82, 2.24) is 19.5 Å². The van der Waals surface area contributed by atoms with Crippen molar-refractivity contribution >= 4 is 53.3 Å². The minimum Gasteiger partial charge on any atom is -0.308 e. The quantitative estimate of drug-likeness (QED) is 0.200. The summed E-state index contributed by atoms with van der Waals surface area (Å²) in [5.41, 5.74) is 6.48. The van der Waals surface area contributed by atoms with E-state index in [-0.39, 0.29) is 0 Å². The molecular weight excluding hydrogens is 583 g/mol. The number of thiophene rings is 1. The van der Waals surface area contributed by atoms with E-state index < -0.39 is 0 Å². The van der Waals surface area contributed by atoms with E-state index in [1.165, 1.54) is 36.5 Å². The molecule has 9 aromatic rings. The van der Waals surface area contributed by atoms with Gasteiger partial charge >= 0.3 is 0 Å². The van der Waals surface area contributed by atoms with Gasteiger partial charge < -0.3 is 4.57 Å². The van der Waals surface area contributed by atoms with Gasteiger partial charge in [-0.1, -0.05) is 103 Å². The van der Waals surface area contributed by atoms with Crippen molar-refractivity contribution in [2.24, 2.45) is 0 Å². The highest BCUT2D eigenvalue weighted by atomic mass is 32.1. The molecule has 6 heteroatoms. The average Bonchev–Trinajstić information content (AvgIpc) is 3.68. The van der Waals surface area contributed by atoms with Crippen LogP contribution in [0.4, 0.5) is 0 Å².